The summed E-state index contributed by atoms with van der Waals surface area (Å²) in [5.74, 6) is 1.98. The molecule has 2 aliphatic rings. The van der Waals surface area contributed by atoms with Crippen molar-refractivity contribution in [3.05, 3.63) is 53.2 Å². The monoisotopic (exact) mass is 524 g/mol. The van der Waals surface area contributed by atoms with Crippen molar-refractivity contribution in [3.63, 3.8) is 0 Å². The van der Waals surface area contributed by atoms with Gasteiger partial charge in [0.25, 0.3) is 0 Å². The molecule has 0 bridgehead atoms. The van der Waals surface area contributed by atoms with Crippen molar-refractivity contribution in [2.75, 3.05) is 50.9 Å². The molecule has 1 aliphatic carbocycles. The van der Waals surface area contributed by atoms with E-state index in [0.29, 0.717) is 34.2 Å². The van der Waals surface area contributed by atoms with Crippen LogP contribution in [0.4, 0.5) is 23.3 Å². The van der Waals surface area contributed by atoms with E-state index in [0.717, 1.165) is 25.2 Å². The van der Waals surface area contributed by atoms with Crippen molar-refractivity contribution in [1.82, 2.24) is 19.9 Å². The third-order valence-corrected chi connectivity index (χ3v) is 9.71. The maximum Gasteiger partial charge on any atom is 0.229 e. The molecule has 0 radical (unpaired) electrons. The fourth-order valence-corrected chi connectivity index (χ4v) is 7.02. The Balaban J connectivity index is 1.49. The second kappa shape index (κ2) is 9.41. The van der Waals surface area contributed by atoms with Crippen LogP contribution in [0.15, 0.2) is 36.5 Å². The highest BCUT2D eigenvalue weighted by Gasteiger charge is 2.29. The molecule has 1 aliphatic heterocycles. The molecule has 2 aromatic heterocycles. The second-order valence-electron chi connectivity index (χ2n) is 10.8. The molecule has 8 nitrogen and oxygen atoms in total. The maximum atomic E-state index is 13.0. The van der Waals surface area contributed by atoms with Crippen LogP contribution in [-0.4, -0.2) is 60.1 Å². The summed E-state index contributed by atoms with van der Waals surface area (Å²) in [6, 6.07) is 9.80. The summed E-state index contributed by atoms with van der Waals surface area (Å²) in [6.45, 7) is 8.84. The molecule has 0 saturated heterocycles. The van der Waals surface area contributed by atoms with Crippen molar-refractivity contribution in [2.45, 2.75) is 31.7 Å². The number of hydrogen-bond acceptors (Lipinski definition) is 8. The van der Waals surface area contributed by atoms with Gasteiger partial charge in [0.05, 0.1) is 5.30 Å². The van der Waals surface area contributed by atoms with Crippen LogP contribution in [0.2, 0.25) is 0 Å². The third-order valence-electron chi connectivity index (χ3n) is 6.87. The van der Waals surface area contributed by atoms with Crippen molar-refractivity contribution >= 4 is 48.3 Å². The summed E-state index contributed by atoms with van der Waals surface area (Å²) in [5, 5.41) is 7.14. The van der Waals surface area contributed by atoms with E-state index in [-0.39, 0.29) is 0 Å². The van der Waals surface area contributed by atoms with Crippen LogP contribution < -0.4 is 21.4 Å². The first-order valence-electron chi connectivity index (χ1n) is 12.3. The Morgan fingerprint density at radius 1 is 1.00 bits per heavy atom. The molecule has 1 unspecified atom stereocenters. The van der Waals surface area contributed by atoms with E-state index in [1.807, 2.05) is 6.07 Å². The normalized spacial score (nSPS) is 18.0. The molecular formula is C26H34N6O2P2. The summed E-state index contributed by atoms with van der Waals surface area (Å²) >= 11 is 0. The number of benzene rings is 1. The number of pyridine rings is 1. The van der Waals surface area contributed by atoms with Gasteiger partial charge in [-0.05, 0) is 99.8 Å². The van der Waals surface area contributed by atoms with Crippen LogP contribution in [0.25, 0.3) is 0 Å². The van der Waals surface area contributed by atoms with Gasteiger partial charge in [0.1, 0.15) is 31.4 Å². The summed E-state index contributed by atoms with van der Waals surface area (Å²) in [6.07, 6.45) is 5.19. The number of rotatable bonds is 6. The second-order valence-corrected chi connectivity index (χ2v) is 17.1. The topological polar surface area (TPSA) is 100 Å². The van der Waals surface area contributed by atoms with Gasteiger partial charge in [0.15, 0.2) is 0 Å². The van der Waals surface area contributed by atoms with E-state index < -0.39 is 14.3 Å². The predicted molar refractivity (Wildman–Crippen MR) is 149 cm³/mol. The molecule has 1 aromatic carbocycles. The molecule has 1 atom stereocenters. The zero-order chi connectivity index (χ0) is 25.7. The lowest BCUT2D eigenvalue weighted by molar-refractivity contribution is 0.266. The molecule has 0 fully saturated rings. The fraction of sp³-hybridized carbons (Fsp3) is 0.423. The number of likely N-dealkylation sites (N-methyl/N-ethyl adjacent to an activating group) is 1. The Morgan fingerprint density at radius 2 is 1.78 bits per heavy atom. The Morgan fingerprint density at radius 3 is 2.53 bits per heavy atom. The fourth-order valence-electron chi connectivity index (χ4n) is 5.28. The molecule has 3 aromatic rings. The van der Waals surface area contributed by atoms with Gasteiger partial charge in [-0.3, -0.25) is 0 Å². The van der Waals surface area contributed by atoms with Gasteiger partial charge in [-0.2, -0.15) is 4.98 Å². The number of anilines is 4. The van der Waals surface area contributed by atoms with Gasteiger partial charge >= 0.3 is 0 Å². The largest absolute Gasteiger partial charge is 0.324 e. The minimum Gasteiger partial charge on any atom is -0.324 e. The highest BCUT2D eigenvalue weighted by Crippen LogP contribution is 2.41. The number of aryl methyl sites for hydroxylation is 1. The van der Waals surface area contributed by atoms with E-state index in [1.54, 1.807) is 45.0 Å². The smallest absolute Gasteiger partial charge is 0.229 e. The molecule has 3 heterocycles. The number of aromatic nitrogens is 3. The summed E-state index contributed by atoms with van der Waals surface area (Å²) in [4.78, 5) is 16.1. The van der Waals surface area contributed by atoms with Crippen molar-refractivity contribution in [1.29, 1.82) is 0 Å². The molecule has 0 spiro atoms. The lowest BCUT2D eigenvalue weighted by Gasteiger charge is -2.37. The zero-order valence-electron chi connectivity index (χ0n) is 21.6. The van der Waals surface area contributed by atoms with Gasteiger partial charge in [-0.15, -0.1) is 0 Å². The minimum atomic E-state index is -2.68. The van der Waals surface area contributed by atoms with Crippen LogP contribution in [0.5, 0.6) is 0 Å². The zero-order valence-corrected chi connectivity index (χ0v) is 23.4. The Kier molecular flexibility index (Phi) is 6.57. The SMILES string of the molecule is CN1Cc2cc(Nc3ncc(P(C)(C)=O)c(Nc4cccc(P(C)(C)=O)n4)n3)cc3c2C(CCC3)C1. The maximum absolute atomic E-state index is 13.0. The number of nitrogens with one attached hydrogen (secondary N) is 2. The molecule has 2 N–H and O–H groups in total. The van der Waals surface area contributed by atoms with Gasteiger partial charge < -0.3 is 24.7 Å². The molecule has 36 heavy (non-hydrogen) atoms. The van der Waals surface area contributed by atoms with E-state index in [9.17, 15) is 9.13 Å². The first-order valence-corrected chi connectivity index (χ1v) is 17.5. The molecular weight excluding hydrogens is 490 g/mol. The third kappa shape index (κ3) is 5.27. The Labute approximate surface area is 213 Å². The van der Waals surface area contributed by atoms with E-state index in [2.05, 4.69) is 44.7 Å². The lowest BCUT2D eigenvalue weighted by atomic mass is 9.77. The molecule has 5 rings (SSSR count). The standard InChI is InChI=1S/C26H34N6O2P2/c1-32-15-18-9-6-8-17-12-20(13-19(16-32)24(17)18)28-26-27-14-21(35(2,3)33)25(31-26)30-22-10-7-11-23(29-22)36(4,5)34/h7,10-14,18H,6,8-9,15-16H2,1-5H3,(H2,27,28,29,30,31). The first kappa shape index (κ1) is 25.1. The van der Waals surface area contributed by atoms with E-state index in [4.69, 9.17) is 4.98 Å². The Hall–Kier alpha value is -2.53. The van der Waals surface area contributed by atoms with Crippen LogP contribution in [0, 0.1) is 0 Å². The van der Waals surface area contributed by atoms with E-state index >= 15 is 0 Å². The lowest BCUT2D eigenvalue weighted by Crippen LogP contribution is -2.33. The van der Waals surface area contributed by atoms with Crippen molar-refractivity contribution in [2.24, 2.45) is 0 Å². The number of hydrogen-bond donors (Lipinski definition) is 2. The summed E-state index contributed by atoms with van der Waals surface area (Å²) in [7, 11) is -3.02. The highest BCUT2D eigenvalue weighted by molar-refractivity contribution is 7.70. The van der Waals surface area contributed by atoms with Gasteiger partial charge in [0, 0.05) is 25.0 Å². The summed E-state index contributed by atoms with van der Waals surface area (Å²) in [5.41, 5.74) is 5.83. The van der Waals surface area contributed by atoms with Gasteiger partial charge in [-0.25, -0.2) is 9.97 Å². The molecule has 190 valence electrons. The van der Waals surface area contributed by atoms with Gasteiger partial charge in [-0.1, -0.05) is 6.07 Å². The van der Waals surface area contributed by atoms with Crippen LogP contribution >= 0.6 is 14.3 Å². The number of nitrogens with zero attached hydrogens (tertiary/aromatic N) is 4. The molecule has 0 amide bonds. The molecule has 0 saturated carbocycles. The Bertz CT molecular complexity index is 1410. The van der Waals surface area contributed by atoms with Crippen LogP contribution in [0.3, 0.4) is 0 Å². The predicted octanol–water partition coefficient (Wildman–Crippen LogP) is 4.72. The first-order chi connectivity index (χ1) is 17.0. The average Bonchev–Trinajstić information content (AvgIpc) is 2.78. The van der Waals surface area contributed by atoms with Crippen LogP contribution in [0.1, 0.15) is 35.4 Å². The van der Waals surface area contributed by atoms with Crippen molar-refractivity contribution in [3.8, 4) is 0 Å². The minimum absolute atomic E-state index is 0.422. The average molecular weight is 525 g/mol. The quantitative estimate of drug-likeness (QED) is 0.447. The highest BCUT2D eigenvalue weighted by atomic mass is 31.2. The molecule has 10 heteroatoms. The van der Waals surface area contributed by atoms with E-state index in [1.165, 1.54) is 29.5 Å². The van der Waals surface area contributed by atoms with Crippen LogP contribution in [-0.2, 0) is 22.1 Å². The van der Waals surface area contributed by atoms with Crippen molar-refractivity contribution < 1.29 is 9.13 Å². The summed E-state index contributed by atoms with van der Waals surface area (Å²) < 4.78 is 25.6. The van der Waals surface area contributed by atoms with Gasteiger partial charge in [0.2, 0.25) is 5.95 Å².